The van der Waals surface area contributed by atoms with Gasteiger partial charge in [0.15, 0.2) is 0 Å². The van der Waals surface area contributed by atoms with Crippen LogP contribution in [0.15, 0.2) is 24.3 Å². The number of hydrogen-bond acceptors (Lipinski definition) is 3. The van der Waals surface area contributed by atoms with Crippen molar-refractivity contribution < 1.29 is 4.79 Å². The molecule has 1 aromatic carbocycles. The van der Waals surface area contributed by atoms with Crippen LogP contribution < -0.4 is 10.6 Å². The lowest BCUT2D eigenvalue weighted by Crippen LogP contribution is -2.33. The molecule has 0 aromatic heterocycles. The first-order chi connectivity index (χ1) is 10.0. The summed E-state index contributed by atoms with van der Waals surface area (Å²) in [7, 11) is 2.19. The van der Waals surface area contributed by atoms with Gasteiger partial charge in [-0.1, -0.05) is 0 Å². The van der Waals surface area contributed by atoms with Crippen LogP contribution >= 0.6 is 0 Å². The maximum Gasteiger partial charge on any atom is 0.251 e. The zero-order chi connectivity index (χ0) is 15.2. The summed E-state index contributed by atoms with van der Waals surface area (Å²) in [5, 5.41) is 6.39. The van der Waals surface area contributed by atoms with Crippen molar-refractivity contribution in [2.24, 2.45) is 5.92 Å². The van der Waals surface area contributed by atoms with E-state index >= 15 is 0 Å². The number of nitrogens with zero attached hydrogens (tertiary/aromatic N) is 1. The van der Waals surface area contributed by atoms with Gasteiger partial charge in [0.25, 0.3) is 5.91 Å². The summed E-state index contributed by atoms with van der Waals surface area (Å²) in [6.45, 7) is 7.34. The van der Waals surface area contributed by atoms with Gasteiger partial charge in [-0.05, 0) is 77.0 Å². The monoisotopic (exact) mass is 289 g/mol. The van der Waals surface area contributed by atoms with Crippen molar-refractivity contribution in [2.75, 3.05) is 32.0 Å². The predicted molar refractivity (Wildman–Crippen MR) is 87.8 cm³/mol. The number of carbonyl (C=O) groups is 1. The van der Waals surface area contributed by atoms with Crippen molar-refractivity contribution in [3.05, 3.63) is 29.8 Å². The van der Waals surface area contributed by atoms with Gasteiger partial charge in [0.1, 0.15) is 0 Å². The Hall–Kier alpha value is -1.55. The largest absolute Gasteiger partial charge is 0.385 e. The summed E-state index contributed by atoms with van der Waals surface area (Å²) in [6.07, 6.45) is 2.52. The number of anilines is 1. The van der Waals surface area contributed by atoms with Crippen molar-refractivity contribution in [1.82, 2.24) is 10.2 Å². The lowest BCUT2D eigenvalue weighted by atomic mass is 9.97. The Morgan fingerprint density at radius 1 is 1.24 bits per heavy atom. The molecule has 116 valence electrons. The van der Waals surface area contributed by atoms with Crippen LogP contribution in [0.25, 0.3) is 0 Å². The molecule has 0 spiro atoms. The van der Waals surface area contributed by atoms with Crippen LogP contribution in [0.2, 0.25) is 0 Å². The molecule has 2 N–H and O–H groups in total. The van der Waals surface area contributed by atoms with Crippen molar-refractivity contribution in [3.63, 3.8) is 0 Å². The molecule has 1 aliphatic heterocycles. The number of carbonyl (C=O) groups excluding carboxylic acids is 1. The molecule has 4 heteroatoms. The maximum absolute atomic E-state index is 11.9. The van der Waals surface area contributed by atoms with Gasteiger partial charge >= 0.3 is 0 Å². The number of hydrogen-bond donors (Lipinski definition) is 2. The van der Waals surface area contributed by atoms with E-state index < -0.39 is 0 Å². The van der Waals surface area contributed by atoms with E-state index in [1.807, 2.05) is 38.1 Å². The second kappa shape index (κ2) is 7.46. The summed E-state index contributed by atoms with van der Waals surface area (Å²) < 4.78 is 0. The zero-order valence-corrected chi connectivity index (χ0v) is 13.4. The standard InChI is InChI=1S/C17H27N3O/c1-13(2)19-17(21)15-4-6-16(7-5-15)18-12-14-8-10-20(3)11-9-14/h4-7,13-14,18H,8-12H2,1-3H3,(H,19,21). The molecule has 4 nitrogen and oxygen atoms in total. The first-order valence-corrected chi connectivity index (χ1v) is 7.88. The molecule has 0 saturated carbocycles. The lowest BCUT2D eigenvalue weighted by Gasteiger charge is -2.29. The number of benzene rings is 1. The molecule has 0 radical (unpaired) electrons. The van der Waals surface area contributed by atoms with Gasteiger partial charge in [-0.15, -0.1) is 0 Å². The fourth-order valence-electron chi connectivity index (χ4n) is 2.61. The molecule has 2 rings (SSSR count). The zero-order valence-electron chi connectivity index (χ0n) is 13.4. The highest BCUT2D eigenvalue weighted by atomic mass is 16.1. The van der Waals surface area contributed by atoms with E-state index in [4.69, 9.17) is 0 Å². The SMILES string of the molecule is CC(C)NC(=O)c1ccc(NCC2CCN(C)CC2)cc1. The Balaban J connectivity index is 1.81. The molecule has 1 saturated heterocycles. The third-order valence-electron chi connectivity index (χ3n) is 4.00. The summed E-state index contributed by atoms with van der Waals surface area (Å²) in [5.74, 6) is 0.747. The average Bonchev–Trinajstić information content (AvgIpc) is 2.46. The van der Waals surface area contributed by atoms with E-state index in [2.05, 4.69) is 22.6 Å². The van der Waals surface area contributed by atoms with E-state index in [0.29, 0.717) is 5.56 Å². The van der Waals surface area contributed by atoms with Crippen LogP contribution in [-0.2, 0) is 0 Å². The minimum atomic E-state index is -0.00753. The van der Waals surface area contributed by atoms with Crippen molar-refractivity contribution in [3.8, 4) is 0 Å². The van der Waals surface area contributed by atoms with Gasteiger partial charge in [-0.3, -0.25) is 4.79 Å². The summed E-state index contributed by atoms with van der Waals surface area (Å²) >= 11 is 0. The number of piperidine rings is 1. The van der Waals surface area contributed by atoms with E-state index in [-0.39, 0.29) is 11.9 Å². The van der Waals surface area contributed by atoms with Crippen LogP contribution in [0.3, 0.4) is 0 Å². The van der Waals surface area contributed by atoms with Crippen molar-refractivity contribution in [1.29, 1.82) is 0 Å². The normalized spacial score (nSPS) is 17.0. The second-order valence-corrected chi connectivity index (χ2v) is 6.33. The van der Waals surface area contributed by atoms with Gasteiger partial charge in [0, 0.05) is 23.8 Å². The number of likely N-dealkylation sites (tertiary alicyclic amines) is 1. The van der Waals surface area contributed by atoms with Crippen molar-refractivity contribution in [2.45, 2.75) is 32.7 Å². The second-order valence-electron chi connectivity index (χ2n) is 6.33. The quantitative estimate of drug-likeness (QED) is 0.875. The first kappa shape index (κ1) is 15.8. The smallest absolute Gasteiger partial charge is 0.251 e. The molecule has 0 atom stereocenters. The van der Waals surface area contributed by atoms with E-state index in [1.165, 1.54) is 25.9 Å². The summed E-state index contributed by atoms with van der Waals surface area (Å²) in [5.41, 5.74) is 1.81. The number of amides is 1. The molecule has 1 heterocycles. The van der Waals surface area contributed by atoms with E-state index in [1.54, 1.807) is 0 Å². The molecule has 0 bridgehead atoms. The molecule has 21 heavy (non-hydrogen) atoms. The molecule has 1 fully saturated rings. The third kappa shape index (κ3) is 5.05. The maximum atomic E-state index is 11.9. The molecule has 1 aliphatic rings. The molecular formula is C17H27N3O. The molecule has 0 aliphatic carbocycles. The Morgan fingerprint density at radius 2 is 1.86 bits per heavy atom. The topological polar surface area (TPSA) is 44.4 Å². The number of nitrogens with one attached hydrogen (secondary N) is 2. The molecule has 0 unspecified atom stereocenters. The fraction of sp³-hybridized carbons (Fsp3) is 0.588. The summed E-state index contributed by atoms with van der Waals surface area (Å²) in [4.78, 5) is 14.3. The minimum Gasteiger partial charge on any atom is -0.385 e. The molecule has 1 amide bonds. The Bertz CT molecular complexity index is 448. The highest BCUT2D eigenvalue weighted by molar-refractivity contribution is 5.94. The molecule has 1 aromatic rings. The Morgan fingerprint density at radius 3 is 2.43 bits per heavy atom. The number of rotatable bonds is 5. The van der Waals surface area contributed by atoms with Crippen LogP contribution in [-0.4, -0.2) is 43.5 Å². The Kier molecular flexibility index (Phi) is 5.62. The predicted octanol–water partition coefficient (Wildman–Crippen LogP) is 2.58. The van der Waals surface area contributed by atoms with Crippen LogP contribution in [0.5, 0.6) is 0 Å². The van der Waals surface area contributed by atoms with Gasteiger partial charge in [-0.2, -0.15) is 0 Å². The van der Waals surface area contributed by atoms with Gasteiger partial charge in [0.05, 0.1) is 0 Å². The van der Waals surface area contributed by atoms with Crippen molar-refractivity contribution >= 4 is 11.6 Å². The molecular weight excluding hydrogens is 262 g/mol. The van der Waals surface area contributed by atoms with Crippen LogP contribution in [0.1, 0.15) is 37.0 Å². The van der Waals surface area contributed by atoms with Gasteiger partial charge in [-0.25, -0.2) is 0 Å². The minimum absolute atomic E-state index is 0.00753. The Labute approximate surface area is 127 Å². The third-order valence-corrected chi connectivity index (χ3v) is 4.00. The lowest BCUT2D eigenvalue weighted by molar-refractivity contribution is 0.0943. The fourth-order valence-corrected chi connectivity index (χ4v) is 2.61. The highest BCUT2D eigenvalue weighted by Crippen LogP contribution is 2.17. The average molecular weight is 289 g/mol. The van der Waals surface area contributed by atoms with E-state index in [9.17, 15) is 4.79 Å². The highest BCUT2D eigenvalue weighted by Gasteiger charge is 2.16. The van der Waals surface area contributed by atoms with Crippen LogP contribution in [0.4, 0.5) is 5.69 Å². The summed E-state index contributed by atoms with van der Waals surface area (Å²) in [6, 6.07) is 7.91. The first-order valence-electron chi connectivity index (χ1n) is 7.88. The van der Waals surface area contributed by atoms with Crippen LogP contribution in [0, 0.1) is 5.92 Å². The van der Waals surface area contributed by atoms with Gasteiger partial charge in [0.2, 0.25) is 0 Å². The van der Waals surface area contributed by atoms with Gasteiger partial charge < -0.3 is 15.5 Å². The van der Waals surface area contributed by atoms with E-state index in [0.717, 1.165) is 18.2 Å².